The van der Waals surface area contributed by atoms with Crippen molar-refractivity contribution in [3.05, 3.63) is 12.0 Å². The quantitative estimate of drug-likeness (QED) is 0.584. The maximum Gasteiger partial charge on any atom is 0.140 e. The Morgan fingerprint density at radius 2 is 2.56 bits per heavy atom. The van der Waals surface area contributed by atoms with Crippen LogP contribution in [0.15, 0.2) is 12.0 Å². The van der Waals surface area contributed by atoms with Crippen molar-refractivity contribution in [3.8, 4) is 0 Å². The van der Waals surface area contributed by atoms with Gasteiger partial charge >= 0.3 is 0 Å². The molecule has 0 aromatic rings. The lowest BCUT2D eigenvalue weighted by Crippen LogP contribution is -2.09. The normalized spacial score (nSPS) is 17.7. The van der Waals surface area contributed by atoms with Crippen LogP contribution in [0.4, 0.5) is 0 Å². The molecule has 0 amide bonds. The van der Waals surface area contributed by atoms with Crippen LogP contribution in [0.3, 0.4) is 0 Å². The fraction of sp³-hybridized carbons (Fsp3) is 0.667. The van der Waals surface area contributed by atoms with Crippen LogP contribution in [0.5, 0.6) is 0 Å². The molecule has 0 bridgehead atoms. The van der Waals surface area contributed by atoms with Gasteiger partial charge < -0.3 is 9.47 Å². The van der Waals surface area contributed by atoms with Gasteiger partial charge in [-0.05, 0) is 6.26 Å². The van der Waals surface area contributed by atoms with Gasteiger partial charge in [-0.25, -0.2) is 0 Å². The summed E-state index contributed by atoms with van der Waals surface area (Å²) in [6, 6.07) is 0. The van der Waals surface area contributed by atoms with E-state index in [0.717, 1.165) is 11.5 Å². The average molecular weight is 146 g/mol. The zero-order chi connectivity index (χ0) is 6.53. The van der Waals surface area contributed by atoms with Crippen molar-refractivity contribution in [3.63, 3.8) is 0 Å². The van der Waals surface area contributed by atoms with Crippen molar-refractivity contribution in [1.29, 1.82) is 0 Å². The van der Waals surface area contributed by atoms with E-state index in [0.29, 0.717) is 13.2 Å². The van der Waals surface area contributed by atoms with E-state index in [1.54, 1.807) is 18.0 Å². The van der Waals surface area contributed by atoms with E-state index >= 15 is 0 Å². The highest BCUT2D eigenvalue weighted by molar-refractivity contribution is 7.98. The van der Waals surface area contributed by atoms with Gasteiger partial charge in [0.25, 0.3) is 0 Å². The molecule has 1 aliphatic rings. The van der Waals surface area contributed by atoms with E-state index in [1.165, 1.54) is 0 Å². The Hall–Kier alpha value is -0.310. The predicted octanol–water partition coefficient (Wildman–Crippen LogP) is 1.24. The summed E-state index contributed by atoms with van der Waals surface area (Å²) < 4.78 is 10.3. The molecule has 1 rings (SSSR count). The van der Waals surface area contributed by atoms with Gasteiger partial charge in [0.05, 0.1) is 5.75 Å². The van der Waals surface area contributed by atoms with Gasteiger partial charge in [0.2, 0.25) is 0 Å². The fourth-order valence-corrected chi connectivity index (χ4v) is 1.06. The first-order valence-corrected chi connectivity index (χ1v) is 4.25. The first kappa shape index (κ1) is 6.81. The molecule has 0 atom stereocenters. The maximum absolute atomic E-state index is 5.23. The minimum absolute atomic E-state index is 0.692. The Morgan fingerprint density at radius 1 is 1.67 bits per heavy atom. The molecular formula is C6H10O2S. The summed E-state index contributed by atoms with van der Waals surface area (Å²) in [4.78, 5) is 0. The smallest absolute Gasteiger partial charge is 0.140 e. The minimum atomic E-state index is 0.692. The lowest BCUT2D eigenvalue weighted by Gasteiger charge is -2.13. The molecule has 2 nitrogen and oxygen atoms in total. The number of ether oxygens (including phenoxy) is 2. The fourth-order valence-electron chi connectivity index (χ4n) is 0.625. The van der Waals surface area contributed by atoms with E-state index in [9.17, 15) is 0 Å². The standard InChI is InChI=1S/C6H10O2S/c1-9-5-6-4-7-2-3-8-6/h4H,2-3,5H2,1H3. The van der Waals surface area contributed by atoms with Gasteiger partial charge in [-0.2, -0.15) is 11.8 Å². The molecule has 3 heteroatoms. The van der Waals surface area contributed by atoms with Crippen molar-refractivity contribution >= 4 is 11.8 Å². The van der Waals surface area contributed by atoms with E-state index in [1.807, 2.05) is 6.26 Å². The number of hydrogen-bond acceptors (Lipinski definition) is 3. The molecule has 0 radical (unpaired) electrons. The van der Waals surface area contributed by atoms with Crippen LogP contribution in [-0.2, 0) is 9.47 Å². The van der Waals surface area contributed by atoms with Crippen molar-refractivity contribution < 1.29 is 9.47 Å². The molecule has 0 spiro atoms. The Labute approximate surface area is 59.2 Å². The van der Waals surface area contributed by atoms with E-state index in [4.69, 9.17) is 9.47 Å². The summed E-state index contributed by atoms with van der Waals surface area (Å²) in [6.45, 7) is 1.39. The largest absolute Gasteiger partial charge is 0.494 e. The summed E-state index contributed by atoms with van der Waals surface area (Å²) in [7, 11) is 0. The topological polar surface area (TPSA) is 18.5 Å². The molecule has 0 aromatic carbocycles. The number of hydrogen-bond donors (Lipinski definition) is 0. The van der Waals surface area contributed by atoms with Gasteiger partial charge in [-0.1, -0.05) is 0 Å². The molecule has 0 saturated carbocycles. The molecule has 1 heterocycles. The van der Waals surface area contributed by atoms with Crippen molar-refractivity contribution in [2.75, 3.05) is 25.2 Å². The summed E-state index contributed by atoms with van der Waals surface area (Å²) >= 11 is 1.73. The molecule has 0 saturated heterocycles. The second-order valence-corrected chi connectivity index (χ2v) is 2.60. The zero-order valence-electron chi connectivity index (χ0n) is 5.42. The highest BCUT2D eigenvalue weighted by Crippen LogP contribution is 2.08. The highest BCUT2D eigenvalue weighted by atomic mass is 32.2. The predicted molar refractivity (Wildman–Crippen MR) is 38.4 cm³/mol. The Kier molecular flexibility index (Phi) is 2.77. The summed E-state index contributed by atoms with van der Waals surface area (Å²) in [5, 5.41) is 0. The lowest BCUT2D eigenvalue weighted by molar-refractivity contribution is 0.0868. The zero-order valence-corrected chi connectivity index (χ0v) is 6.24. The number of thioether (sulfide) groups is 1. The third kappa shape index (κ3) is 2.18. The number of rotatable bonds is 2. The third-order valence-corrected chi connectivity index (χ3v) is 1.56. The Morgan fingerprint density at radius 3 is 3.11 bits per heavy atom. The second-order valence-electron chi connectivity index (χ2n) is 1.74. The van der Waals surface area contributed by atoms with E-state index in [2.05, 4.69) is 0 Å². The molecule has 9 heavy (non-hydrogen) atoms. The van der Waals surface area contributed by atoms with Crippen LogP contribution in [0.2, 0.25) is 0 Å². The first-order valence-electron chi connectivity index (χ1n) is 2.86. The summed E-state index contributed by atoms with van der Waals surface area (Å²) in [6.07, 6.45) is 3.73. The van der Waals surface area contributed by atoms with Crippen LogP contribution in [0.25, 0.3) is 0 Å². The average Bonchev–Trinajstić information content (AvgIpc) is 1.91. The maximum atomic E-state index is 5.23. The molecule has 0 N–H and O–H groups in total. The van der Waals surface area contributed by atoms with E-state index in [-0.39, 0.29) is 0 Å². The van der Waals surface area contributed by atoms with Crippen LogP contribution >= 0.6 is 11.8 Å². The van der Waals surface area contributed by atoms with Crippen LogP contribution in [-0.4, -0.2) is 25.2 Å². The lowest BCUT2D eigenvalue weighted by atomic mass is 10.6. The van der Waals surface area contributed by atoms with Crippen molar-refractivity contribution in [2.45, 2.75) is 0 Å². The SMILES string of the molecule is CSCC1=COCCO1. The van der Waals surface area contributed by atoms with Gasteiger partial charge in [0, 0.05) is 0 Å². The van der Waals surface area contributed by atoms with Crippen molar-refractivity contribution in [2.24, 2.45) is 0 Å². The first-order chi connectivity index (χ1) is 4.43. The van der Waals surface area contributed by atoms with Crippen LogP contribution in [0, 0.1) is 0 Å². The molecule has 0 aromatic heterocycles. The highest BCUT2D eigenvalue weighted by Gasteiger charge is 2.02. The van der Waals surface area contributed by atoms with Crippen LogP contribution < -0.4 is 0 Å². The Balaban J connectivity index is 2.28. The third-order valence-electron chi connectivity index (χ3n) is 0.990. The van der Waals surface area contributed by atoms with Gasteiger partial charge in [0.1, 0.15) is 25.2 Å². The minimum Gasteiger partial charge on any atom is -0.494 e. The molecular weight excluding hydrogens is 136 g/mol. The van der Waals surface area contributed by atoms with Crippen LogP contribution in [0.1, 0.15) is 0 Å². The molecule has 52 valence electrons. The molecule has 0 fully saturated rings. The molecule has 0 unspecified atom stereocenters. The summed E-state index contributed by atoms with van der Waals surface area (Å²) in [5.74, 6) is 1.87. The van der Waals surface area contributed by atoms with Crippen molar-refractivity contribution in [1.82, 2.24) is 0 Å². The van der Waals surface area contributed by atoms with E-state index < -0.39 is 0 Å². The molecule has 1 aliphatic heterocycles. The summed E-state index contributed by atoms with van der Waals surface area (Å²) in [5.41, 5.74) is 0. The monoisotopic (exact) mass is 146 g/mol. The van der Waals surface area contributed by atoms with Gasteiger partial charge in [-0.15, -0.1) is 0 Å². The van der Waals surface area contributed by atoms with Gasteiger partial charge in [0.15, 0.2) is 0 Å². The Bertz CT molecular complexity index is 112. The second kappa shape index (κ2) is 3.67. The molecule has 0 aliphatic carbocycles. The van der Waals surface area contributed by atoms with Gasteiger partial charge in [-0.3, -0.25) is 0 Å².